The largest absolute Gasteiger partial charge is 0.354 e. The molecule has 0 radical (unpaired) electrons. The zero-order valence-electron chi connectivity index (χ0n) is 11.7. The van der Waals surface area contributed by atoms with Gasteiger partial charge in [-0.1, -0.05) is 13.3 Å². The summed E-state index contributed by atoms with van der Waals surface area (Å²) in [4.78, 5) is 14.6. The Labute approximate surface area is 110 Å². The molecule has 18 heavy (non-hydrogen) atoms. The van der Waals surface area contributed by atoms with Crippen molar-refractivity contribution in [1.29, 1.82) is 0 Å². The molecule has 2 aliphatic heterocycles. The van der Waals surface area contributed by atoms with Crippen LogP contribution in [-0.2, 0) is 4.79 Å². The minimum Gasteiger partial charge on any atom is -0.354 e. The molecule has 0 bridgehead atoms. The number of amides is 1. The highest BCUT2D eigenvalue weighted by molar-refractivity contribution is 5.79. The number of carbonyl (C=O) groups is 1. The zero-order chi connectivity index (χ0) is 13.0. The molecule has 0 aromatic heterocycles. The van der Waals surface area contributed by atoms with Crippen LogP contribution < -0.4 is 10.6 Å². The second-order valence-electron chi connectivity index (χ2n) is 5.93. The third-order valence-electron chi connectivity index (χ3n) is 4.44. The molecule has 0 aromatic rings. The highest BCUT2D eigenvalue weighted by Crippen LogP contribution is 2.16. The monoisotopic (exact) mass is 253 g/mol. The van der Waals surface area contributed by atoms with Crippen molar-refractivity contribution in [2.45, 2.75) is 39.2 Å². The van der Waals surface area contributed by atoms with Crippen LogP contribution in [-0.4, -0.2) is 49.6 Å². The van der Waals surface area contributed by atoms with E-state index < -0.39 is 0 Å². The van der Waals surface area contributed by atoms with Gasteiger partial charge >= 0.3 is 0 Å². The summed E-state index contributed by atoms with van der Waals surface area (Å²) in [6, 6.07) is 0.471. The molecule has 4 heteroatoms. The van der Waals surface area contributed by atoms with Crippen molar-refractivity contribution in [3.8, 4) is 0 Å². The Kier molecular flexibility index (Phi) is 5.01. The third kappa shape index (κ3) is 3.45. The number of carbonyl (C=O) groups excluding carboxylic acids is 1. The molecule has 104 valence electrons. The summed E-state index contributed by atoms with van der Waals surface area (Å²) >= 11 is 0. The lowest BCUT2D eigenvalue weighted by Crippen LogP contribution is -2.46. The minimum atomic E-state index is 0.165. The van der Waals surface area contributed by atoms with Crippen molar-refractivity contribution < 1.29 is 4.79 Å². The molecule has 0 saturated carbocycles. The van der Waals surface area contributed by atoms with Crippen molar-refractivity contribution >= 4 is 5.91 Å². The number of nitrogens with zero attached hydrogens (tertiary/aromatic N) is 1. The van der Waals surface area contributed by atoms with Gasteiger partial charge in [-0.25, -0.2) is 0 Å². The van der Waals surface area contributed by atoms with Gasteiger partial charge in [0.05, 0.1) is 5.92 Å². The van der Waals surface area contributed by atoms with E-state index >= 15 is 0 Å². The lowest BCUT2D eigenvalue weighted by atomic mass is 9.97. The van der Waals surface area contributed by atoms with E-state index in [0.717, 1.165) is 19.6 Å². The fourth-order valence-electron chi connectivity index (χ4n) is 3.03. The molecule has 0 aliphatic carbocycles. The van der Waals surface area contributed by atoms with Gasteiger partial charge in [0.25, 0.3) is 0 Å². The van der Waals surface area contributed by atoms with E-state index in [2.05, 4.69) is 29.4 Å². The maximum Gasteiger partial charge on any atom is 0.224 e. The molecule has 2 N–H and O–H groups in total. The summed E-state index contributed by atoms with van der Waals surface area (Å²) in [5, 5.41) is 6.41. The molecule has 4 nitrogen and oxygen atoms in total. The van der Waals surface area contributed by atoms with Crippen LogP contribution in [0, 0.1) is 11.8 Å². The molecular formula is C14H27N3O. The summed E-state index contributed by atoms with van der Waals surface area (Å²) in [6.45, 7) is 9.37. The number of rotatable bonds is 4. The maximum atomic E-state index is 12.1. The number of hydrogen-bond acceptors (Lipinski definition) is 3. The summed E-state index contributed by atoms with van der Waals surface area (Å²) in [5.41, 5.74) is 0. The Hall–Kier alpha value is -0.610. The average Bonchev–Trinajstić information content (AvgIpc) is 2.83. The summed E-state index contributed by atoms with van der Waals surface area (Å²) in [6.07, 6.45) is 3.98. The van der Waals surface area contributed by atoms with Crippen LogP contribution in [0.1, 0.15) is 33.1 Å². The van der Waals surface area contributed by atoms with Gasteiger partial charge in [-0.05, 0) is 45.3 Å². The zero-order valence-corrected chi connectivity index (χ0v) is 11.7. The van der Waals surface area contributed by atoms with Crippen LogP contribution in [0.15, 0.2) is 0 Å². The van der Waals surface area contributed by atoms with E-state index in [9.17, 15) is 4.79 Å². The first kappa shape index (κ1) is 13.8. The van der Waals surface area contributed by atoms with Gasteiger partial charge < -0.3 is 10.6 Å². The average molecular weight is 253 g/mol. The van der Waals surface area contributed by atoms with Crippen molar-refractivity contribution in [2.24, 2.45) is 11.8 Å². The number of piperidine rings is 1. The quantitative estimate of drug-likeness (QED) is 0.780. The van der Waals surface area contributed by atoms with Gasteiger partial charge in [-0.2, -0.15) is 0 Å². The van der Waals surface area contributed by atoms with Gasteiger partial charge in [-0.3, -0.25) is 9.69 Å². The van der Waals surface area contributed by atoms with Gasteiger partial charge in [0, 0.05) is 19.1 Å². The maximum absolute atomic E-state index is 12.1. The normalized spacial score (nSPS) is 31.2. The molecule has 2 rings (SSSR count). The molecule has 2 saturated heterocycles. The molecule has 2 fully saturated rings. The van der Waals surface area contributed by atoms with Crippen molar-refractivity contribution in [2.75, 3.05) is 32.7 Å². The van der Waals surface area contributed by atoms with E-state index in [1.54, 1.807) is 0 Å². The number of hydrogen-bond donors (Lipinski definition) is 2. The summed E-state index contributed by atoms with van der Waals surface area (Å²) < 4.78 is 0. The Morgan fingerprint density at radius 2 is 2.06 bits per heavy atom. The van der Waals surface area contributed by atoms with Gasteiger partial charge in [0.1, 0.15) is 0 Å². The first-order valence-corrected chi connectivity index (χ1v) is 7.41. The summed E-state index contributed by atoms with van der Waals surface area (Å²) in [5.74, 6) is 0.866. The topological polar surface area (TPSA) is 44.4 Å². The molecule has 1 amide bonds. The lowest BCUT2D eigenvalue weighted by molar-refractivity contribution is -0.125. The summed E-state index contributed by atoms with van der Waals surface area (Å²) in [7, 11) is 0. The fraction of sp³-hybridized carbons (Fsp3) is 0.929. The van der Waals surface area contributed by atoms with Crippen LogP contribution in [0.4, 0.5) is 0 Å². The second kappa shape index (κ2) is 6.53. The highest BCUT2D eigenvalue weighted by Gasteiger charge is 2.29. The molecule has 3 unspecified atom stereocenters. The van der Waals surface area contributed by atoms with Crippen LogP contribution in [0.3, 0.4) is 0 Å². The van der Waals surface area contributed by atoms with E-state index in [1.807, 2.05) is 0 Å². The van der Waals surface area contributed by atoms with Crippen LogP contribution in [0.2, 0.25) is 0 Å². The number of likely N-dealkylation sites (tertiary alicyclic amines) is 1. The van der Waals surface area contributed by atoms with Crippen LogP contribution in [0.5, 0.6) is 0 Å². The van der Waals surface area contributed by atoms with E-state index in [1.165, 1.54) is 32.4 Å². The molecule has 3 atom stereocenters. The molecule has 2 heterocycles. The highest BCUT2D eigenvalue weighted by atomic mass is 16.1. The SMILES string of the molecule is CC1CNCC1C(=O)NCC(C)N1CCCCC1. The minimum absolute atomic E-state index is 0.165. The van der Waals surface area contributed by atoms with Crippen LogP contribution in [0.25, 0.3) is 0 Å². The Bertz CT molecular complexity index is 276. The fourth-order valence-corrected chi connectivity index (χ4v) is 3.03. The van der Waals surface area contributed by atoms with E-state index in [-0.39, 0.29) is 11.8 Å². The van der Waals surface area contributed by atoms with Crippen molar-refractivity contribution in [1.82, 2.24) is 15.5 Å². The van der Waals surface area contributed by atoms with E-state index in [0.29, 0.717) is 12.0 Å². The first-order chi connectivity index (χ1) is 8.68. The lowest BCUT2D eigenvalue weighted by Gasteiger charge is -2.32. The third-order valence-corrected chi connectivity index (χ3v) is 4.44. The molecule has 0 spiro atoms. The first-order valence-electron chi connectivity index (χ1n) is 7.41. The predicted molar refractivity (Wildman–Crippen MR) is 73.4 cm³/mol. The Morgan fingerprint density at radius 1 is 1.33 bits per heavy atom. The predicted octanol–water partition coefficient (Wildman–Crippen LogP) is 0.833. The molecule has 0 aromatic carbocycles. The van der Waals surface area contributed by atoms with Crippen molar-refractivity contribution in [3.63, 3.8) is 0 Å². The van der Waals surface area contributed by atoms with Gasteiger partial charge in [0.2, 0.25) is 5.91 Å². The molecular weight excluding hydrogens is 226 g/mol. The molecule has 2 aliphatic rings. The smallest absolute Gasteiger partial charge is 0.224 e. The number of nitrogens with one attached hydrogen (secondary N) is 2. The Morgan fingerprint density at radius 3 is 2.67 bits per heavy atom. The standard InChI is InChI=1S/C14H27N3O/c1-11-8-15-10-13(11)14(18)16-9-12(2)17-6-4-3-5-7-17/h11-13,15H,3-10H2,1-2H3,(H,16,18). The van der Waals surface area contributed by atoms with E-state index in [4.69, 9.17) is 0 Å². The van der Waals surface area contributed by atoms with Crippen LogP contribution >= 0.6 is 0 Å². The van der Waals surface area contributed by atoms with Gasteiger partial charge in [0.15, 0.2) is 0 Å². The van der Waals surface area contributed by atoms with Crippen molar-refractivity contribution in [3.05, 3.63) is 0 Å². The Balaban J connectivity index is 1.71. The second-order valence-corrected chi connectivity index (χ2v) is 5.93. The van der Waals surface area contributed by atoms with Gasteiger partial charge in [-0.15, -0.1) is 0 Å².